The van der Waals surface area contributed by atoms with Crippen molar-refractivity contribution >= 4 is 33.5 Å². The van der Waals surface area contributed by atoms with Gasteiger partial charge in [0.1, 0.15) is 0 Å². The molecule has 2 N–H and O–H groups in total. The molecule has 0 heterocycles. The predicted molar refractivity (Wildman–Crippen MR) is 79.5 cm³/mol. The van der Waals surface area contributed by atoms with E-state index in [0.29, 0.717) is 5.02 Å². The fourth-order valence-corrected chi connectivity index (χ4v) is 2.72. The molecule has 2 aromatic rings. The standard InChI is InChI=1S/C14H10ClNO5S/c15-11-5-7-12(8-6-11)22(20,21)16-13(17)9-1-3-10(4-2-9)14(18)19/h1-8H,(H,16,17)(H,18,19). The molecule has 2 rings (SSSR count). The van der Waals surface area contributed by atoms with Crippen LogP contribution >= 0.6 is 11.6 Å². The number of carboxylic acids is 1. The molecule has 0 radical (unpaired) electrons. The first-order valence-electron chi connectivity index (χ1n) is 5.96. The molecule has 114 valence electrons. The van der Waals surface area contributed by atoms with Gasteiger partial charge in [-0.05, 0) is 48.5 Å². The number of rotatable bonds is 4. The predicted octanol–water partition coefficient (Wildman–Crippen LogP) is 2.16. The van der Waals surface area contributed by atoms with E-state index in [9.17, 15) is 18.0 Å². The van der Waals surface area contributed by atoms with E-state index in [-0.39, 0.29) is 16.0 Å². The Kier molecular flexibility index (Phi) is 4.48. The van der Waals surface area contributed by atoms with Crippen LogP contribution in [0, 0.1) is 0 Å². The van der Waals surface area contributed by atoms with E-state index in [1.807, 2.05) is 4.72 Å². The Morgan fingerprint density at radius 2 is 1.41 bits per heavy atom. The van der Waals surface area contributed by atoms with Crippen molar-refractivity contribution in [1.82, 2.24) is 4.72 Å². The van der Waals surface area contributed by atoms with Gasteiger partial charge in [-0.2, -0.15) is 0 Å². The Morgan fingerprint density at radius 1 is 0.909 bits per heavy atom. The van der Waals surface area contributed by atoms with E-state index in [0.717, 1.165) is 0 Å². The van der Waals surface area contributed by atoms with Crippen LogP contribution in [-0.4, -0.2) is 25.4 Å². The van der Waals surface area contributed by atoms with Crippen LogP contribution in [0.5, 0.6) is 0 Å². The Bertz CT molecular complexity index is 813. The normalized spacial score (nSPS) is 11.0. The highest BCUT2D eigenvalue weighted by Crippen LogP contribution is 2.14. The van der Waals surface area contributed by atoms with Gasteiger partial charge in [0.05, 0.1) is 10.5 Å². The molecular formula is C14H10ClNO5S. The van der Waals surface area contributed by atoms with Crippen LogP contribution in [0.4, 0.5) is 0 Å². The molecule has 0 saturated heterocycles. The summed E-state index contributed by atoms with van der Waals surface area (Å²) in [4.78, 5) is 22.5. The largest absolute Gasteiger partial charge is 0.478 e. The van der Waals surface area contributed by atoms with Crippen LogP contribution in [0.25, 0.3) is 0 Å². The monoisotopic (exact) mass is 339 g/mol. The van der Waals surface area contributed by atoms with Gasteiger partial charge in [-0.15, -0.1) is 0 Å². The zero-order valence-electron chi connectivity index (χ0n) is 11.0. The zero-order valence-corrected chi connectivity index (χ0v) is 12.6. The Balaban J connectivity index is 2.20. The van der Waals surface area contributed by atoms with Crippen LogP contribution in [0.1, 0.15) is 20.7 Å². The fraction of sp³-hybridized carbons (Fsp3) is 0. The first-order valence-corrected chi connectivity index (χ1v) is 7.82. The molecule has 2 aromatic carbocycles. The number of hydrogen-bond donors (Lipinski definition) is 2. The summed E-state index contributed by atoms with van der Waals surface area (Å²) in [6, 6.07) is 10.2. The van der Waals surface area contributed by atoms with Crippen molar-refractivity contribution in [2.75, 3.05) is 0 Å². The summed E-state index contributed by atoms with van der Waals surface area (Å²) in [7, 11) is -4.03. The third-order valence-electron chi connectivity index (χ3n) is 2.75. The van der Waals surface area contributed by atoms with Crippen molar-refractivity contribution in [2.24, 2.45) is 0 Å². The lowest BCUT2D eigenvalue weighted by molar-refractivity contribution is 0.0696. The van der Waals surface area contributed by atoms with Gasteiger partial charge in [0, 0.05) is 10.6 Å². The SMILES string of the molecule is O=C(O)c1ccc(C(=O)NS(=O)(=O)c2ccc(Cl)cc2)cc1. The van der Waals surface area contributed by atoms with Crippen molar-refractivity contribution in [3.8, 4) is 0 Å². The molecule has 22 heavy (non-hydrogen) atoms. The number of sulfonamides is 1. The maximum Gasteiger partial charge on any atom is 0.335 e. The third kappa shape index (κ3) is 3.63. The Morgan fingerprint density at radius 3 is 1.91 bits per heavy atom. The second-order valence-corrected chi connectivity index (χ2v) is 6.39. The molecule has 0 saturated carbocycles. The molecule has 0 atom stereocenters. The Hall–Kier alpha value is -2.38. The number of hydrogen-bond acceptors (Lipinski definition) is 4. The van der Waals surface area contributed by atoms with Gasteiger partial charge in [0.15, 0.2) is 0 Å². The smallest absolute Gasteiger partial charge is 0.335 e. The summed E-state index contributed by atoms with van der Waals surface area (Å²) >= 11 is 5.67. The summed E-state index contributed by atoms with van der Waals surface area (Å²) in [6.45, 7) is 0. The third-order valence-corrected chi connectivity index (χ3v) is 4.34. The lowest BCUT2D eigenvalue weighted by Crippen LogP contribution is -2.30. The average Bonchev–Trinajstić information content (AvgIpc) is 2.47. The van der Waals surface area contributed by atoms with Crippen LogP contribution in [-0.2, 0) is 10.0 Å². The van der Waals surface area contributed by atoms with Crippen molar-refractivity contribution in [3.05, 3.63) is 64.7 Å². The van der Waals surface area contributed by atoms with E-state index >= 15 is 0 Å². The number of benzene rings is 2. The van der Waals surface area contributed by atoms with Crippen LogP contribution in [0.3, 0.4) is 0 Å². The minimum atomic E-state index is -4.03. The molecule has 6 nitrogen and oxygen atoms in total. The molecule has 0 bridgehead atoms. The van der Waals surface area contributed by atoms with E-state index in [1.165, 1.54) is 48.5 Å². The number of halogens is 1. The molecule has 0 aliphatic carbocycles. The van der Waals surface area contributed by atoms with E-state index in [4.69, 9.17) is 16.7 Å². The van der Waals surface area contributed by atoms with Gasteiger partial charge in [-0.3, -0.25) is 4.79 Å². The Labute approximate surface area is 131 Å². The molecule has 0 aliphatic rings. The van der Waals surface area contributed by atoms with Gasteiger partial charge < -0.3 is 5.11 Å². The lowest BCUT2D eigenvalue weighted by Gasteiger charge is -2.07. The highest BCUT2D eigenvalue weighted by Gasteiger charge is 2.18. The second-order valence-electron chi connectivity index (χ2n) is 4.27. The number of carboxylic acid groups (broad SMARTS) is 1. The topological polar surface area (TPSA) is 101 Å². The fourth-order valence-electron chi connectivity index (χ4n) is 1.62. The van der Waals surface area contributed by atoms with Crippen molar-refractivity contribution in [2.45, 2.75) is 4.90 Å². The molecule has 0 spiro atoms. The molecule has 8 heteroatoms. The first kappa shape index (κ1) is 16.0. The molecular weight excluding hydrogens is 330 g/mol. The quantitative estimate of drug-likeness (QED) is 0.889. The van der Waals surface area contributed by atoms with Crippen molar-refractivity contribution in [1.29, 1.82) is 0 Å². The lowest BCUT2D eigenvalue weighted by atomic mass is 10.1. The molecule has 0 aliphatic heterocycles. The van der Waals surface area contributed by atoms with Gasteiger partial charge in [-0.25, -0.2) is 17.9 Å². The number of carbonyl (C=O) groups excluding carboxylic acids is 1. The number of aromatic carboxylic acids is 1. The minimum Gasteiger partial charge on any atom is -0.478 e. The van der Waals surface area contributed by atoms with Gasteiger partial charge in [0.25, 0.3) is 15.9 Å². The van der Waals surface area contributed by atoms with Crippen molar-refractivity contribution < 1.29 is 23.1 Å². The minimum absolute atomic E-state index is 0.00268. The highest BCUT2D eigenvalue weighted by molar-refractivity contribution is 7.90. The first-order chi connectivity index (χ1) is 10.3. The number of carbonyl (C=O) groups is 2. The van der Waals surface area contributed by atoms with Gasteiger partial charge >= 0.3 is 5.97 Å². The molecule has 0 fully saturated rings. The van der Waals surface area contributed by atoms with Crippen LogP contribution in [0.2, 0.25) is 5.02 Å². The van der Waals surface area contributed by atoms with E-state index in [1.54, 1.807) is 0 Å². The van der Waals surface area contributed by atoms with Gasteiger partial charge in [-0.1, -0.05) is 11.6 Å². The molecule has 1 amide bonds. The summed E-state index contributed by atoms with van der Waals surface area (Å²) in [5.74, 6) is -1.99. The van der Waals surface area contributed by atoms with Crippen LogP contribution in [0.15, 0.2) is 53.4 Å². The summed E-state index contributed by atoms with van der Waals surface area (Å²) in [5.41, 5.74) is 0.0275. The maximum atomic E-state index is 12.0. The van der Waals surface area contributed by atoms with E-state index in [2.05, 4.69) is 0 Å². The van der Waals surface area contributed by atoms with E-state index < -0.39 is 21.9 Å². The maximum absolute atomic E-state index is 12.0. The number of amides is 1. The van der Waals surface area contributed by atoms with Crippen molar-refractivity contribution in [3.63, 3.8) is 0 Å². The summed E-state index contributed by atoms with van der Waals surface area (Å²) in [6.07, 6.45) is 0. The second kappa shape index (κ2) is 6.17. The average molecular weight is 340 g/mol. The number of nitrogens with one attached hydrogen (secondary N) is 1. The summed E-state index contributed by atoms with van der Waals surface area (Å²) in [5, 5.41) is 9.13. The molecule has 0 unspecified atom stereocenters. The van der Waals surface area contributed by atoms with Gasteiger partial charge in [0.2, 0.25) is 0 Å². The summed E-state index contributed by atoms with van der Waals surface area (Å²) < 4.78 is 26.0. The highest BCUT2D eigenvalue weighted by atomic mass is 35.5. The van der Waals surface area contributed by atoms with Crippen LogP contribution < -0.4 is 4.72 Å². The molecule has 0 aromatic heterocycles. The zero-order chi connectivity index (χ0) is 16.3.